The van der Waals surface area contributed by atoms with Gasteiger partial charge in [0, 0.05) is 13.0 Å². The molecular formula is C11H22O2. The molecule has 0 aromatic rings. The number of hydrogen-bond acceptors (Lipinski definition) is 2. The van der Waals surface area contributed by atoms with Gasteiger partial charge in [0.05, 0.1) is 12.2 Å². The van der Waals surface area contributed by atoms with E-state index < -0.39 is 0 Å². The summed E-state index contributed by atoms with van der Waals surface area (Å²) in [7, 11) is 1.75. The molecule has 0 aromatic carbocycles. The summed E-state index contributed by atoms with van der Waals surface area (Å²) in [5.74, 6) is 0.338. The Morgan fingerprint density at radius 3 is 2.54 bits per heavy atom. The van der Waals surface area contributed by atoms with E-state index in [0.29, 0.717) is 5.92 Å². The Labute approximate surface area is 81.6 Å². The third kappa shape index (κ3) is 3.92. The molecule has 0 aliphatic heterocycles. The van der Waals surface area contributed by atoms with E-state index in [-0.39, 0.29) is 12.2 Å². The Hall–Kier alpha value is -0.340. The van der Waals surface area contributed by atoms with Gasteiger partial charge < -0.3 is 9.84 Å². The van der Waals surface area contributed by atoms with E-state index in [1.54, 1.807) is 13.2 Å². The molecule has 78 valence electrons. The van der Waals surface area contributed by atoms with Gasteiger partial charge in [-0.1, -0.05) is 32.4 Å². The first-order valence-corrected chi connectivity index (χ1v) is 4.93. The number of methoxy groups -OCH3 is 1. The fourth-order valence-corrected chi connectivity index (χ4v) is 1.48. The van der Waals surface area contributed by atoms with Crippen molar-refractivity contribution < 1.29 is 9.84 Å². The average Bonchev–Trinajstić information content (AvgIpc) is 2.14. The highest BCUT2D eigenvalue weighted by Gasteiger charge is 2.27. The highest BCUT2D eigenvalue weighted by Crippen LogP contribution is 2.27. The number of aliphatic hydroxyl groups is 1. The summed E-state index contributed by atoms with van der Waals surface area (Å²) in [6.07, 6.45) is 5.94. The Morgan fingerprint density at radius 1 is 1.54 bits per heavy atom. The second-order valence-corrected chi connectivity index (χ2v) is 3.67. The zero-order valence-electron chi connectivity index (χ0n) is 9.21. The van der Waals surface area contributed by atoms with Crippen LogP contribution in [0.1, 0.15) is 33.6 Å². The molecule has 2 nitrogen and oxygen atoms in total. The second kappa shape index (κ2) is 6.17. The van der Waals surface area contributed by atoms with E-state index in [9.17, 15) is 0 Å². The van der Waals surface area contributed by atoms with Crippen molar-refractivity contribution in [2.45, 2.75) is 39.2 Å². The van der Waals surface area contributed by atoms with Gasteiger partial charge in [-0.25, -0.2) is 0 Å². The molecule has 0 saturated carbocycles. The van der Waals surface area contributed by atoms with E-state index in [2.05, 4.69) is 20.8 Å². The first-order valence-electron chi connectivity index (χ1n) is 4.93. The molecule has 0 aliphatic carbocycles. The molecule has 0 rings (SSSR count). The molecule has 0 spiro atoms. The molecule has 0 aromatic heterocycles. The van der Waals surface area contributed by atoms with Crippen molar-refractivity contribution in [2.75, 3.05) is 13.7 Å². The van der Waals surface area contributed by atoms with Crippen molar-refractivity contribution in [2.24, 2.45) is 5.92 Å². The van der Waals surface area contributed by atoms with Gasteiger partial charge in [0.25, 0.3) is 0 Å². The third-order valence-electron chi connectivity index (χ3n) is 2.71. The Morgan fingerprint density at radius 2 is 2.15 bits per heavy atom. The quantitative estimate of drug-likeness (QED) is 0.645. The van der Waals surface area contributed by atoms with Gasteiger partial charge in [0.15, 0.2) is 0 Å². The van der Waals surface area contributed by atoms with Crippen LogP contribution in [-0.2, 0) is 4.74 Å². The summed E-state index contributed by atoms with van der Waals surface area (Å²) in [5.41, 5.74) is -0.0968. The lowest BCUT2D eigenvalue weighted by Gasteiger charge is -2.32. The SMILES string of the molecule is CCCC(C)(OC)C(C)/C=C/CO. The van der Waals surface area contributed by atoms with Gasteiger partial charge in [-0.15, -0.1) is 0 Å². The molecule has 2 atom stereocenters. The maximum Gasteiger partial charge on any atom is 0.0710 e. The maximum atomic E-state index is 8.66. The molecule has 0 aliphatic rings. The molecule has 0 radical (unpaired) electrons. The van der Waals surface area contributed by atoms with Gasteiger partial charge in [0.1, 0.15) is 0 Å². The largest absolute Gasteiger partial charge is 0.392 e. The predicted octanol–water partition coefficient (Wildman–Crippen LogP) is 2.38. The van der Waals surface area contributed by atoms with E-state index in [1.807, 2.05) is 6.08 Å². The van der Waals surface area contributed by atoms with Crippen molar-refractivity contribution in [1.82, 2.24) is 0 Å². The highest BCUT2D eigenvalue weighted by molar-refractivity contribution is 4.96. The Kier molecular flexibility index (Phi) is 6.00. The van der Waals surface area contributed by atoms with Crippen molar-refractivity contribution in [1.29, 1.82) is 0 Å². The third-order valence-corrected chi connectivity index (χ3v) is 2.71. The van der Waals surface area contributed by atoms with Gasteiger partial charge in [-0.3, -0.25) is 0 Å². The zero-order valence-corrected chi connectivity index (χ0v) is 9.21. The van der Waals surface area contributed by atoms with Crippen LogP contribution in [0.15, 0.2) is 12.2 Å². The smallest absolute Gasteiger partial charge is 0.0710 e. The minimum absolute atomic E-state index is 0.0968. The topological polar surface area (TPSA) is 29.5 Å². The molecule has 2 heteroatoms. The number of rotatable bonds is 6. The maximum absolute atomic E-state index is 8.66. The van der Waals surface area contributed by atoms with E-state index >= 15 is 0 Å². The summed E-state index contributed by atoms with van der Waals surface area (Å²) >= 11 is 0. The molecule has 0 heterocycles. The van der Waals surface area contributed by atoms with Crippen molar-refractivity contribution in [3.8, 4) is 0 Å². The summed E-state index contributed by atoms with van der Waals surface area (Å²) in [5, 5.41) is 8.66. The van der Waals surface area contributed by atoms with E-state index in [0.717, 1.165) is 12.8 Å². The Balaban J connectivity index is 4.27. The summed E-state index contributed by atoms with van der Waals surface area (Å²) in [6, 6.07) is 0. The average molecular weight is 186 g/mol. The molecule has 2 unspecified atom stereocenters. The first kappa shape index (κ1) is 12.7. The lowest BCUT2D eigenvalue weighted by Crippen LogP contribution is -2.34. The Bertz CT molecular complexity index is 154. The monoisotopic (exact) mass is 186 g/mol. The van der Waals surface area contributed by atoms with Crippen molar-refractivity contribution >= 4 is 0 Å². The molecule has 0 fully saturated rings. The second-order valence-electron chi connectivity index (χ2n) is 3.67. The molecule has 0 bridgehead atoms. The number of aliphatic hydroxyl groups excluding tert-OH is 1. The minimum atomic E-state index is -0.0968. The van der Waals surface area contributed by atoms with Crippen LogP contribution in [-0.4, -0.2) is 24.4 Å². The molecular weight excluding hydrogens is 164 g/mol. The lowest BCUT2D eigenvalue weighted by molar-refractivity contribution is -0.0304. The van der Waals surface area contributed by atoms with Crippen LogP contribution >= 0.6 is 0 Å². The van der Waals surface area contributed by atoms with Crippen LogP contribution in [0.2, 0.25) is 0 Å². The number of hydrogen-bond donors (Lipinski definition) is 1. The van der Waals surface area contributed by atoms with Crippen LogP contribution < -0.4 is 0 Å². The van der Waals surface area contributed by atoms with Crippen molar-refractivity contribution in [3.05, 3.63) is 12.2 Å². The zero-order chi connectivity index (χ0) is 10.3. The molecule has 0 saturated heterocycles. The van der Waals surface area contributed by atoms with Crippen LogP contribution in [0.25, 0.3) is 0 Å². The van der Waals surface area contributed by atoms with Crippen LogP contribution in [0.5, 0.6) is 0 Å². The summed E-state index contributed by atoms with van der Waals surface area (Å²) < 4.78 is 5.50. The fraction of sp³-hybridized carbons (Fsp3) is 0.818. The van der Waals surface area contributed by atoms with Crippen LogP contribution in [0, 0.1) is 5.92 Å². The van der Waals surface area contributed by atoms with Gasteiger partial charge in [-0.05, 0) is 13.3 Å². The van der Waals surface area contributed by atoms with Crippen LogP contribution in [0.4, 0.5) is 0 Å². The molecule has 1 N–H and O–H groups in total. The molecule has 0 amide bonds. The normalized spacial score (nSPS) is 18.8. The number of ether oxygens (including phenoxy) is 1. The van der Waals surface area contributed by atoms with Gasteiger partial charge >= 0.3 is 0 Å². The predicted molar refractivity (Wildman–Crippen MR) is 55.7 cm³/mol. The van der Waals surface area contributed by atoms with Gasteiger partial charge in [-0.2, -0.15) is 0 Å². The summed E-state index contributed by atoms with van der Waals surface area (Å²) in [6.45, 7) is 6.49. The standard InChI is InChI=1S/C11H22O2/c1-5-8-11(3,13-4)10(2)7-6-9-12/h6-7,10,12H,5,8-9H2,1-4H3/b7-6+. The lowest BCUT2D eigenvalue weighted by atomic mass is 9.86. The summed E-state index contributed by atoms with van der Waals surface area (Å²) in [4.78, 5) is 0. The first-order chi connectivity index (χ1) is 6.10. The van der Waals surface area contributed by atoms with Gasteiger partial charge in [0.2, 0.25) is 0 Å². The minimum Gasteiger partial charge on any atom is -0.392 e. The molecule has 13 heavy (non-hydrogen) atoms. The van der Waals surface area contributed by atoms with Crippen molar-refractivity contribution in [3.63, 3.8) is 0 Å². The highest BCUT2D eigenvalue weighted by atomic mass is 16.5. The fourth-order valence-electron chi connectivity index (χ4n) is 1.48. The van der Waals surface area contributed by atoms with E-state index in [4.69, 9.17) is 9.84 Å². The van der Waals surface area contributed by atoms with E-state index in [1.165, 1.54) is 0 Å². The van der Waals surface area contributed by atoms with Crippen LogP contribution in [0.3, 0.4) is 0 Å².